The summed E-state index contributed by atoms with van der Waals surface area (Å²) in [4.78, 5) is 6.16. The Hall–Kier alpha value is -0.930. The zero-order chi connectivity index (χ0) is 18.7. The van der Waals surface area contributed by atoms with E-state index in [-0.39, 0.29) is 29.8 Å². The van der Waals surface area contributed by atoms with Crippen LogP contribution < -0.4 is 10.6 Å². The number of nitrogens with one attached hydrogen (secondary N) is 2. The maximum atomic E-state index is 13.8. The van der Waals surface area contributed by atoms with E-state index in [0.717, 1.165) is 37.7 Å². The van der Waals surface area contributed by atoms with Crippen molar-refractivity contribution in [2.45, 2.75) is 33.4 Å². The lowest BCUT2D eigenvalue weighted by Crippen LogP contribution is -2.37. The van der Waals surface area contributed by atoms with Gasteiger partial charge in [-0.25, -0.2) is 4.39 Å². The fraction of sp³-hybridized carbons (Fsp3) is 0.632. The molecule has 0 radical (unpaired) electrons. The number of aliphatic imine (C=N–C) groups is 1. The van der Waals surface area contributed by atoms with Gasteiger partial charge in [0.1, 0.15) is 5.82 Å². The fourth-order valence-electron chi connectivity index (χ4n) is 2.31. The van der Waals surface area contributed by atoms with Gasteiger partial charge in [-0.15, -0.1) is 24.0 Å². The van der Waals surface area contributed by atoms with Gasteiger partial charge in [0.25, 0.3) is 0 Å². The highest BCUT2D eigenvalue weighted by Crippen LogP contribution is 2.12. The van der Waals surface area contributed by atoms with Crippen LogP contribution in [0.4, 0.5) is 4.39 Å². The second-order valence-corrected chi connectivity index (χ2v) is 6.84. The van der Waals surface area contributed by atoms with Crippen LogP contribution >= 0.6 is 24.0 Å². The third kappa shape index (κ3) is 10.9. The van der Waals surface area contributed by atoms with Crippen molar-refractivity contribution >= 4 is 29.9 Å². The zero-order valence-corrected chi connectivity index (χ0v) is 19.0. The number of ether oxygens (including phenoxy) is 1. The van der Waals surface area contributed by atoms with Crippen molar-refractivity contribution in [3.63, 3.8) is 0 Å². The highest BCUT2D eigenvalue weighted by Gasteiger charge is 2.06. The molecule has 1 rings (SSSR count). The average Bonchev–Trinajstić information content (AvgIpc) is 2.55. The Morgan fingerprint density at radius 1 is 1.27 bits per heavy atom. The molecule has 7 heteroatoms. The molecule has 0 aliphatic rings. The van der Waals surface area contributed by atoms with Crippen LogP contribution in [0.5, 0.6) is 0 Å². The first-order chi connectivity index (χ1) is 11.9. The van der Waals surface area contributed by atoms with Crippen molar-refractivity contribution in [3.8, 4) is 0 Å². The van der Waals surface area contributed by atoms with Gasteiger partial charge < -0.3 is 20.3 Å². The van der Waals surface area contributed by atoms with Crippen LogP contribution in [-0.4, -0.2) is 51.8 Å². The van der Waals surface area contributed by atoms with Crippen molar-refractivity contribution in [1.29, 1.82) is 0 Å². The molecule has 0 amide bonds. The zero-order valence-electron chi connectivity index (χ0n) is 16.6. The normalized spacial score (nSPS) is 11.6. The lowest BCUT2D eigenvalue weighted by Gasteiger charge is -2.14. The van der Waals surface area contributed by atoms with Crippen molar-refractivity contribution in [3.05, 3.63) is 35.1 Å². The number of guanidine groups is 1. The Labute approximate surface area is 174 Å². The quantitative estimate of drug-likeness (QED) is 0.234. The summed E-state index contributed by atoms with van der Waals surface area (Å²) in [5.74, 6) is 1.14. The van der Waals surface area contributed by atoms with Gasteiger partial charge in [0, 0.05) is 45.5 Å². The first kappa shape index (κ1) is 25.1. The molecule has 0 aromatic heterocycles. The van der Waals surface area contributed by atoms with E-state index in [2.05, 4.69) is 29.5 Å². The van der Waals surface area contributed by atoms with Crippen molar-refractivity contribution < 1.29 is 9.13 Å². The van der Waals surface area contributed by atoms with Gasteiger partial charge in [-0.05, 0) is 44.1 Å². The number of nitrogens with zero attached hydrogens (tertiary/aromatic N) is 2. The summed E-state index contributed by atoms with van der Waals surface area (Å²) < 4.78 is 19.4. The molecule has 0 unspecified atom stereocenters. The van der Waals surface area contributed by atoms with Gasteiger partial charge in [0.05, 0.1) is 0 Å². The molecule has 0 aliphatic heterocycles. The summed E-state index contributed by atoms with van der Waals surface area (Å²) in [6, 6.07) is 5.22. The molecule has 0 saturated heterocycles. The average molecular weight is 480 g/mol. The lowest BCUT2D eigenvalue weighted by atomic mass is 10.1. The molecule has 0 bridgehead atoms. The van der Waals surface area contributed by atoms with E-state index >= 15 is 0 Å². The highest BCUT2D eigenvalue weighted by atomic mass is 127. The van der Waals surface area contributed by atoms with Gasteiger partial charge in [-0.3, -0.25) is 4.99 Å². The first-order valence-electron chi connectivity index (χ1n) is 8.86. The number of hydrogen-bond acceptors (Lipinski definition) is 3. The standard InChI is InChI=1S/C19H33FN4O.HI/c1-15(2)14-25-10-6-9-22-19(21-3)23-12-16-7-8-18(20)17(11-16)13-24(4)5;/h7-8,11,15H,6,9-10,12-14H2,1-5H3,(H2,21,22,23);1H. The minimum atomic E-state index is -0.165. The van der Waals surface area contributed by atoms with Crippen LogP contribution in [0.1, 0.15) is 31.4 Å². The lowest BCUT2D eigenvalue weighted by molar-refractivity contribution is 0.108. The van der Waals surface area contributed by atoms with Gasteiger partial charge in [-0.2, -0.15) is 0 Å². The molecule has 0 atom stereocenters. The SMILES string of the molecule is CN=C(NCCCOCC(C)C)NCc1ccc(F)c(CN(C)C)c1.I. The van der Waals surface area contributed by atoms with Gasteiger partial charge >= 0.3 is 0 Å². The van der Waals surface area contributed by atoms with E-state index in [0.29, 0.717) is 24.6 Å². The number of benzene rings is 1. The van der Waals surface area contributed by atoms with Crippen molar-refractivity contribution in [2.75, 3.05) is 40.9 Å². The molecule has 0 aliphatic carbocycles. The maximum Gasteiger partial charge on any atom is 0.191 e. The van der Waals surface area contributed by atoms with Crippen molar-refractivity contribution in [1.82, 2.24) is 15.5 Å². The number of hydrogen-bond donors (Lipinski definition) is 2. The fourth-order valence-corrected chi connectivity index (χ4v) is 2.31. The summed E-state index contributed by atoms with van der Waals surface area (Å²) >= 11 is 0. The second kappa shape index (κ2) is 14.2. The minimum absolute atomic E-state index is 0. The summed E-state index contributed by atoms with van der Waals surface area (Å²) in [6.07, 6.45) is 0.928. The van der Waals surface area contributed by atoms with Crippen LogP contribution in [0.15, 0.2) is 23.2 Å². The number of rotatable bonds is 10. The molecule has 150 valence electrons. The Kier molecular flexibility index (Phi) is 13.7. The topological polar surface area (TPSA) is 48.9 Å². The summed E-state index contributed by atoms with van der Waals surface area (Å²) in [6.45, 7) is 7.81. The molecular formula is C19H34FIN4O. The smallest absolute Gasteiger partial charge is 0.191 e. The predicted molar refractivity (Wildman–Crippen MR) is 118 cm³/mol. The molecule has 5 nitrogen and oxygen atoms in total. The summed E-state index contributed by atoms with van der Waals surface area (Å²) in [5, 5.41) is 6.52. The van der Waals surface area contributed by atoms with E-state index < -0.39 is 0 Å². The molecular weight excluding hydrogens is 446 g/mol. The maximum absolute atomic E-state index is 13.8. The molecule has 0 fully saturated rings. The largest absolute Gasteiger partial charge is 0.381 e. The molecule has 0 spiro atoms. The molecule has 2 N–H and O–H groups in total. The molecule has 0 heterocycles. The Bertz CT molecular complexity index is 538. The van der Waals surface area contributed by atoms with Gasteiger partial charge in [0.2, 0.25) is 0 Å². The van der Waals surface area contributed by atoms with E-state index in [4.69, 9.17) is 4.74 Å². The van der Waals surface area contributed by atoms with Crippen LogP contribution in [0.3, 0.4) is 0 Å². The Morgan fingerprint density at radius 3 is 2.62 bits per heavy atom. The van der Waals surface area contributed by atoms with Crippen LogP contribution in [0.2, 0.25) is 0 Å². The predicted octanol–water partition coefficient (Wildman–Crippen LogP) is 3.23. The van der Waals surface area contributed by atoms with Crippen molar-refractivity contribution in [2.24, 2.45) is 10.9 Å². The van der Waals surface area contributed by atoms with Crippen LogP contribution in [0, 0.1) is 11.7 Å². The second-order valence-electron chi connectivity index (χ2n) is 6.84. The van der Waals surface area contributed by atoms with E-state index in [1.54, 1.807) is 13.1 Å². The molecule has 1 aromatic carbocycles. The van der Waals surface area contributed by atoms with Crippen LogP contribution in [0.25, 0.3) is 0 Å². The third-order valence-electron chi connectivity index (χ3n) is 3.49. The van der Waals surface area contributed by atoms with Crippen LogP contribution in [-0.2, 0) is 17.8 Å². The first-order valence-corrected chi connectivity index (χ1v) is 8.86. The van der Waals surface area contributed by atoms with Gasteiger partial charge in [0.15, 0.2) is 5.96 Å². The van der Waals surface area contributed by atoms with E-state index in [9.17, 15) is 4.39 Å². The molecule has 1 aromatic rings. The highest BCUT2D eigenvalue weighted by molar-refractivity contribution is 14.0. The number of halogens is 2. The van der Waals surface area contributed by atoms with E-state index in [1.807, 2.05) is 25.1 Å². The molecule has 26 heavy (non-hydrogen) atoms. The summed E-state index contributed by atoms with van der Waals surface area (Å²) in [7, 11) is 5.61. The van der Waals surface area contributed by atoms with Gasteiger partial charge in [-0.1, -0.05) is 19.9 Å². The Balaban J connectivity index is 0.00000625. The summed E-state index contributed by atoms with van der Waals surface area (Å²) in [5.41, 5.74) is 1.73. The third-order valence-corrected chi connectivity index (χ3v) is 3.49. The minimum Gasteiger partial charge on any atom is -0.381 e. The Morgan fingerprint density at radius 2 is 2.00 bits per heavy atom. The van der Waals surface area contributed by atoms with E-state index in [1.165, 1.54) is 6.07 Å². The molecule has 0 saturated carbocycles. The monoisotopic (exact) mass is 480 g/mol.